The predicted molar refractivity (Wildman–Crippen MR) is 135 cm³/mol. The summed E-state index contributed by atoms with van der Waals surface area (Å²) < 4.78 is 99.2. The zero-order valence-corrected chi connectivity index (χ0v) is 22.4. The van der Waals surface area contributed by atoms with Crippen LogP contribution >= 0.6 is 11.6 Å². The molecular weight excluding hydrogens is 608 g/mol. The first-order valence-corrected chi connectivity index (χ1v) is 14.7. The standard InChI is InChI=1S/C19H17ClN4O12S3/c1-21-7-15(25)22-12-5-9(37(28,29)30)2-8-3-14(39(34,35)36)17(19(27)16(8)12)24-23-13-6-10(38(31,32)33)4-11(20)18(13)26/h2-6,21,26-27H,7H2,1H3,(H,22,25)(H,28,29,30)(H,31,32,33)(H,34,35,36). The van der Waals surface area contributed by atoms with E-state index in [2.05, 4.69) is 20.9 Å². The van der Waals surface area contributed by atoms with Crippen LogP contribution in [0.1, 0.15) is 0 Å². The molecule has 3 rings (SSSR count). The van der Waals surface area contributed by atoms with Crippen molar-refractivity contribution >= 4 is 75.7 Å². The largest absolute Gasteiger partial charge is 0.505 e. The monoisotopic (exact) mass is 624 g/mol. The van der Waals surface area contributed by atoms with Gasteiger partial charge in [-0.2, -0.15) is 25.3 Å². The molecule has 0 bridgehead atoms. The Morgan fingerprint density at radius 3 is 1.97 bits per heavy atom. The Bertz CT molecular complexity index is 1880. The van der Waals surface area contributed by atoms with Gasteiger partial charge >= 0.3 is 0 Å². The number of hydrogen-bond acceptors (Lipinski definition) is 12. The van der Waals surface area contributed by atoms with Crippen molar-refractivity contribution < 1.29 is 53.9 Å². The number of likely N-dealkylation sites (N-methyl/N-ethyl adjacent to an activating group) is 1. The van der Waals surface area contributed by atoms with Gasteiger partial charge in [-0.1, -0.05) is 11.6 Å². The average Bonchev–Trinajstić information content (AvgIpc) is 2.78. The molecular formula is C19H17ClN4O12S3. The number of carbonyl (C=O) groups excluding carboxylic acids is 1. The number of nitrogens with one attached hydrogen (secondary N) is 2. The molecule has 0 unspecified atom stereocenters. The molecule has 3 aromatic rings. The summed E-state index contributed by atoms with van der Waals surface area (Å²) in [5, 5.41) is 31.4. The second-order valence-corrected chi connectivity index (χ2v) is 12.3. The molecule has 210 valence electrons. The Morgan fingerprint density at radius 2 is 1.44 bits per heavy atom. The van der Waals surface area contributed by atoms with Crippen LogP contribution in [0.25, 0.3) is 10.8 Å². The molecule has 0 saturated carbocycles. The van der Waals surface area contributed by atoms with E-state index in [1.54, 1.807) is 0 Å². The van der Waals surface area contributed by atoms with Crippen LogP contribution in [-0.2, 0) is 35.1 Å². The van der Waals surface area contributed by atoms with Crippen molar-refractivity contribution in [2.24, 2.45) is 10.2 Å². The number of rotatable bonds is 8. The van der Waals surface area contributed by atoms with Gasteiger partial charge in [-0.3, -0.25) is 18.5 Å². The number of halogens is 1. The quantitative estimate of drug-likeness (QED) is 0.140. The Labute approximate surface area is 225 Å². The smallest absolute Gasteiger partial charge is 0.296 e. The van der Waals surface area contributed by atoms with Crippen molar-refractivity contribution in [3.63, 3.8) is 0 Å². The molecule has 3 aromatic carbocycles. The number of phenols is 2. The molecule has 0 fully saturated rings. The van der Waals surface area contributed by atoms with E-state index < -0.39 is 95.3 Å². The maximum Gasteiger partial charge on any atom is 0.296 e. The first-order valence-electron chi connectivity index (χ1n) is 9.99. The van der Waals surface area contributed by atoms with Gasteiger partial charge in [-0.15, -0.1) is 10.2 Å². The van der Waals surface area contributed by atoms with Crippen molar-refractivity contribution in [1.29, 1.82) is 0 Å². The number of benzene rings is 3. The lowest BCUT2D eigenvalue weighted by Gasteiger charge is -2.15. The number of nitrogens with zero attached hydrogens (tertiary/aromatic N) is 2. The molecule has 39 heavy (non-hydrogen) atoms. The van der Waals surface area contributed by atoms with Gasteiger partial charge in [0.05, 0.1) is 27.0 Å². The lowest BCUT2D eigenvalue weighted by atomic mass is 10.1. The van der Waals surface area contributed by atoms with Crippen molar-refractivity contribution in [2.75, 3.05) is 18.9 Å². The van der Waals surface area contributed by atoms with Crippen LogP contribution in [-0.4, -0.2) is 68.6 Å². The molecule has 0 aromatic heterocycles. The maximum absolute atomic E-state index is 12.2. The fourth-order valence-corrected chi connectivity index (χ4v) is 5.25. The van der Waals surface area contributed by atoms with E-state index in [1.165, 1.54) is 7.05 Å². The van der Waals surface area contributed by atoms with Crippen LogP contribution in [0.4, 0.5) is 17.1 Å². The summed E-state index contributed by atoms with van der Waals surface area (Å²) in [4.78, 5) is 9.39. The highest BCUT2D eigenvalue weighted by Gasteiger charge is 2.26. The number of aromatic hydroxyl groups is 2. The van der Waals surface area contributed by atoms with E-state index in [-0.39, 0.29) is 6.54 Å². The minimum atomic E-state index is -5.24. The van der Waals surface area contributed by atoms with E-state index in [9.17, 15) is 53.9 Å². The summed E-state index contributed by atoms with van der Waals surface area (Å²) in [6.07, 6.45) is 0. The average molecular weight is 625 g/mol. The highest BCUT2D eigenvalue weighted by Crippen LogP contribution is 2.46. The van der Waals surface area contributed by atoms with E-state index in [4.69, 9.17) is 11.6 Å². The number of azo groups is 1. The van der Waals surface area contributed by atoms with E-state index in [0.29, 0.717) is 18.2 Å². The molecule has 0 saturated heterocycles. The Balaban J connectivity index is 2.41. The second kappa shape index (κ2) is 10.6. The van der Waals surface area contributed by atoms with Gasteiger partial charge in [-0.25, -0.2) is 0 Å². The van der Waals surface area contributed by atoms with Gasteiger partial charge in [0, 0.05) is 5.39 Å². The normalized spacial score (nSPS) is 12.7. The molecule has 0 radical (unpaired) electrons. The van der Waals surface area contributed by atoms with Crippen molar-refractivity contribution in [3.05, 3.63) is 35.4 Å². The van der Waals surface area contributed by atoms with Gasteiger partial charge in [0.2, 0.25) is 5.91 Å². The van der Waals surface area contributed by atoms with E-state index in [0.717, 1.165) is 12.1 Å². The van der Waals surface area contributed by atoms with Gasteiger partial charge < -0.3 is 20.8 Å². The van der Waals surface area contributed by atoms with Gasteiger partial charge in [0.1, 0.15) is 16.3 Å². The summed E-state index contributed by atoms with van der Waals surface area (Å²) in [6, 6.07) is 3.40. The molecule has 0 aliphatic carbocycles. The van der Waals surface area contributed by atoms with E-state index >= 15 is 0 Å². The maximum atomic E-state index is 12.2. The minimum absolute atomic E-state index is 0.293. The van der Waals surface area contributed by atoms with Crippen LogP contribution in [0, 0.1) is 0 Å². The van der Waals surface area contributed by atoms with Crippen LogP contribution < -0.4 is 10.6 Å². The summed E-state index contributed by atoms with van der Waals surface area (Å²) in [7, 11) is -13.6. The van der Waals surface area contributed by atoms with Crippen molar-refractivity contribution in [3.8, 4) is 11.5 Å². The fraction of sp³-hybridized carbons (Fsp3) is 0.105. The van der Waals surface area contributed by atoms with Crippen molar-refractivity contribution in [2.45, 2.75) is 14.7 Å². The first kappa shape index (κ1) is 30.1. The predicted octanol–water partition coefficient (Wildman–Crippen LogP) is 2.22. The molecule has 0 aliphatic heterocycles. The van der Waals surface area contributed by atoms with Gasteiger partial charge in [0.15, 0.2) is 11.5 Å². The van der Waals surface area contributed by atoms with Crippen LogP contribution in [0.2, 0.25) is 5.02 Å². The summed E-state index contributed by atoms with van der Waals surface area (Å²) in [5.41, 5.74) is -2.16. The first-order chi connectivity index (χ1) is 17.8. The minimum Gasteiger partial charge on any atom is -0.505 e. The number of fused-ring (bicyclic) bond motifs is 1. The molecule has 1 amide bonds. The summed E-state index contributed by atoms with van der Waals surface area (Å²) in [5.74, 6) is -2.70. The number of anilines is 1. The molecule has 0 heterocycles. The molecule has 0 aliphatic rings. The molecule has 0 spiro atoms. The molecule has 7 N–H and O–H groups in total. The number of amides is 1. The number of carbonyl (C=O) groups is 1. The van der Waals surface area contributed by atoms with Gasteiger partial charge in [0.25, 0.3) is 30.4 Å². The summed E-state index contributed by atoms with van der Waals surface area (Å²) in [6.45, 7) is -0.293. The zero-order chi connectivity index (χ0) is 29.5. The molecule has 0 atom stereocenters. The third kappa shape index (κ3) is 6.59. The third-order valence-corrected chi connectivity index (χ3v) is 7.70. The number of hydrogen-bond donors (Lipinski definition) is 7. The van der Waals surface area contributed by atoms with E-state index in [1.807, 2.05) is 0 Å². The fourth-order valence-electron chi connectivity index (χ4n) is 3.24. The zero-order valence-electron chi connectivity index (χ0n) is 19.2. The van der Waals surface area contributed by atoms with Gasteiger partial charge in [-0.05, 0) is 42.8 Å². The molecule has 16 nitrogen and oxygen atoms in total. The number of phenolic OH excluding ortho intramolecular Hbond substituents is 2. The lowest BCUT2D eigenvalue weighted by Crippen LogP contribution is -2.25. The Kier molecular flexibility index (Phi) is 8.20. The lowest BCUT2D eigenvalue weighted by molar-refractivity contribution is -0.115. The Hall–Kier alpha value is -3.43. The molecule has 20 heteroatoms. The summed E-state index contributed by atoms with van der Waals surface area (Å²) >= 11 is 5.74. The van der Waals surface area contributed by atoms with Crippen LogP contribution in [0.15, 0.2) is 55.2 Å². The third-order valence-electron chi connectivity index (χ3n) is 4.88. The Morgan fingerprint density at radius 1 is 0.846 bits per heavy atom. The highest BCUT2D eigenvalue weighted by atomic mass is 35.5. The highest BCUT2D eigenvalue weighted by molar-refractivity contribution is 7.86. The SMILES string of the molecule is CNCC(=O)Nc1cc(S(=O)(=O)O)cc2cc(S(=O)(=O)O)c(N=Nc3cc(S(=O)(=O)O)cc(Cl)c3O)c(O)c12. The van der Waals surface area contributed by atoms with Crippen molar-refractivity contribution in [1.82, 2.24) is 5.32 Å². The van der Waals surface area contributed by atoms with Crippen LogP contribution in [0.3, 0.4) is 0 Å². The second-order valence-electron chi connectivity index (χ2n) is 7.62. The van der Waals surface area contributed by atoms with Crippen LogP contribution in [0.5, 0.6) is 11.5 Å². The topological polar surface area (TPSA) is 269 Å².